The van der Waals surface area contributed by atoms with E-state index in [-0.39, 0.29) is 11.4 Å². The molecule has 5 nitrogen and oxygen atoms in total. The van der Waals surface area contributed by atoms with Crippen LogP contribution in [-0.2, 0) is 0 Å². The summed E-state index contributed by atoms with van der Waals surface area (Å²) in [6.07, 6.45) is 10.9. The molecule has 0 saturated carbocycles. The van der Waals surface area contributed by atoms with Crippen LogP contribution in [0.2, 0.25) is 0 Å². The number of pyridine rings is 2. The number of nitrogens with zero attached hydrogens (tertiary/aromatic N) is 2. The highest BCUT2D eigenvalue weighted by Gasteiger charge is 2.19. The number of nitrogens with two attached hydrogens (primary N) is 1. The molecule has 0 amide bonds. The summed E-state index contributed by atoms with van der Waals surface area (Å²) in [6, 6.07) is 38.4. The first-order valence-electron chi connectivity index (χ1n) is 13.9. The van der Waals surface area contributed by atoms with Crippen molar-refractivity contribution in [2.24, 2.45) is 0 Å². The van der Waals surface area contributed by atoms with Crippen LogP contribution in [-0.4, -0.2) is 21.4 Å². The number of nitrogen functional groups attached to an aromatic ring is 1. The first kappa shape index (κ1) is 27.2. The largest absolute Gasteiger partial charge is 0.399 e. The van der Waals surface area contributed by atoms with Crippen molar-refractivity contribution in [3.05, 3.63) is 163 Å². The molecule has 5 heteroatoms. The van der Waals surface area contributed by atoms with Gasteiger partial charge in [0.05, 0.1) is 11.4 Å². The molecule has 0 unspecified atom stereocenters. The van der Waals surface area contributed by atoms with E-state index in [1.807, 2.05) is 91.0 Å². The van der Waals surface area contributed by atoms with E-state index in [4.69, 9.17) is 16.6 Å². The molecule has 0 fully saturated rings. The third-order valence-corrected chi connectivity index (χ3v) is 7.31. The number of hydrogen-bond acceptors (Lipinski definition) is 5. The van der Waals surface area contributed by atoms with Gasteiger partial charge in [-0.05, 0) is 110 Å². The number of anilines is 1. The highest BCUT2D eigenvalue weighted by molar-refractivity contribution is 6.61. The van der Waals surface area contributed by atoms with E-state index in [2.05, 4.69) is 40.3 Å². The summed E-state index contributed by atoms with van der Waals surface area (Å²) in [5, 5.41) is 19.4. The van der Waals surface area contributed by atoms with Crippen molar-refractivity contribution in [2.45, 2.75) is 0 Å². The summed E-state index contributed by atoms with van der Waals surface area (Å²) in [5.74, 6) is 0. The van der Waals surface area contributed by atoms with Gasteiger partial charge in [-0.25, -0.2) is 0 Å². The summed E-state index contributed by atoms with van der Waals surface area (Å²) >= 11 is 0. The fraction of sp³-hybridized carbons (Fsp3) is 0. The zero-order valence-corrected chi connectivity index (χ0v) is 23.4. The molecule has 7 rings (SSSR count). The van der Waals surface area contributed by atoms with Gasteiger partial charge in [-0.15, -0.1) is 0 Å². The number of fused-ring (bicyclic) bond motifs is 1. The third-order valence-electron chi connectivity index (χ3n) is 7.31. The molecule has 43 heavy (non-hydrogen) atoms. The molecule has 1 aliphatic rings. The van der Waals surface area contributed by atoms with Crippen molar-refractivity contribution in [1.29, 1.82) is 10.8 Å². The van der Waals surface area contributed by atoms with Crippen LogP contribution in [0.5, 0.6) is 0 Å². The third kappa shape index (κ3) is 6.21. The fourth-order valence-electron chi connectivity index (χ4n) is 5.08. The van der Waals surface area contributed by atoms with Crippen molar-refractivity contribution in [3.8, 4) is 22.3 Å². The van der Waals surface area contributed by atoms with E-state index in [1.54, 1.807) is 30.9 Å². The van der Waals surface area contributed by atoms with E-state index in [1.165, 1.54) is 10.8 Å². The summed E-state index contributed by atoms with van der Waals surface area (Å²) in [7, 11) is 0. The SMILES string of the molecule is N=C1C=C(c2cccc(-c3ccncc3)c2)C=C(c2cccc(-c3ccncc3)c2)C1=N.Nc1ccc2ccccc2c1. The average Bonchev–Trinajstić information content (AvgIpc) is 3.07. The summed E-state index contributed by atoms with van der Waals surface area (Å²) in [6.45, 7) is 0. The smallest absolute Gasteiger partial charge is 0.0867 e. The maximum Gasteiger partial charge on any atom is 0.0867 e. The Kier molecular flexibility index (Phi) is 7.78. The standard InChI is InChI=1S/C28H20N4.C10H9N/c29-27-18-25(23-5-1-3-21(15-23)19-7-11-31-12-8-19)17-26(28(27)30)24-6-2-4-22(16-24)20-9-13-32-14-10-20;11-10-6-5-8-3-1-2-4-9(8)7-10/h1-18,29-30H;1-7H,11H2. The molecule has 0 radical (unpaired) electrons. The lowest BCUT2D eigenvalue weighted by Crippen LogP contribution is -2.15. The number of hydrogen-bond donors (Lipinski definition) is 3. The van der Waals surface area contributed by atoms with Crippen LogP contribution in [0.4, 0.5) is 5.69 Å². The lowest BCUT2D eigenvalue weighted by Gasteiger charge is -2.18. The van der Waals surface area contributed by atoms with Crippen molar-refractivity contribution in [3.63, 3.8) is 0 Å². The van der Waals surface area contributed by atoms with Crippen LogP contribution in [0.1, 0.15) is 11.1 Å². The van der Waals surface area contributed by atoms with Crippen LogP contribution in [0.25, 0.3) is 44.2 Å². The van der Waals surface area contributed by atoms with Crippen LogP contribution < -0.4 is 5.73 Å². The Morgan fingerprint density at radius 3 is 1.67 bits per heavy atom. The lowest BCUT2D eigenvalue weighted by atomic mass is 9.86. The monoisotopic (exact) mass is 555 g/mol. The van der Waals surface area contributed by atoms with Crippen LogP contribution in [0, 0.1) is 10.8 Å². The molecule has 0 atom stereocenters. The highest BCUT2D eigenvalue weighted by atomic mass is 14.6. The van der Waals surface area contributed by atoms with Gasteiger partial charge in [0.15, 0.2) is 0 Å². The van der Waals surface area contributed by atoms with E-state index in [0.717, 1.165) is 50.2 Å². The van der Waals surface area contributed by atoms with Gasteiger partial charge < -0.3 is 5.73 Å². The van der Waals surface area contributed by atoms with E-state index in [0.29, 0.717) is 0 Å². The molecule has 2 aromatic heterocycles. The zero-order valence-electron chi connectivity index (χ0n) is 23.4. The average molecular weight is 556 g/mol. The van der Waals surface area contributed by atoms with Crippen molar-refractivity contribution in [1.82, 2.24) is 9.97 Å². The Hall–Kier alpha value is -5.94. The first-order chi connectivity index (χ1) is 21.0. The van der Waals surface area contributed by atoms with Gasteiger partial charge in [-0.1, -0.05) is 66.7 Å². The van der Waals surface area contributed by atoms with E-state index >= 15 is 0 Å². The van der Waals surface area contributed by atoms with Crippen molar-refractivity contribution >= 4 is 39.0 Å². The van der Waals surface area contributed by atoms with Gasteiger partial charge in [0.2, 0.25) is 0 Å². The molecule has 0 spiro atoms. The summed E-state index contributed by atoms with van der Waals surface area (Å²) < 4.78 is 0. The predicted molar refractivity (Wildman–Crippen MR) is 179 cm³/mol. The minimum absolute atomic E-state index is 0.209. The molecule has 2 heterocycles. The number of allylic oxidation sites excluding steroid dienone is 4. The molecule has 6 aromatic rings. The predicted octanol–water partition coefficient (Wildman–Crippen LogP) is 8.75. The molecule has 0 bridgehead atoms. The molecule has 0 saturated heterocycles. The minimum atomic E-state index is 0.209. The van der Waals surface area contributed by atoms with Gasteiger partial charge in [-0.3, -0.25) is 20.8 Å². The molecule has 206 valence electrons. The second kappa shape index (κ2) is 12.3. The molecule has 1 aliphatic carbocycles. The molecular formula is C38H29N5. The van der Waals surface area contributed by atoms with E-state index in [9.17, 15) is 0 Å². The molecular weight excluding hydrogens is 526 g/mol. The number of benzene rings is 4. The second-order valence-electron chi connectivity index (χ2n) is 10.2. The lowest BCUT2D eigenvalue weighted by molar-refractivity contribution is 1.33. The number of aromatic nitrogens is 2. The normalized spacial score (nSPS) is 12.7. The Bertz CT molecular complexity index is 2010. The van der Waals surface area contributed by atoms with Gasteiger partial charge in [0.25, 0.3) is 0 Å². The quantitative estimate of drug-likeness (QED) is 0.150. The molecule has 4 aromatic carbocycles. The number of rotatable bonds is 4. The Balaban J connectivity index is 0.000000250. The topological polar surface area (TPSA) is 99.5 Å². The van der Waals surface area contributed by atoms with Crippen LogP contribution in [0.15, 0.2) is 152 Å². The number of nitrogens with one attached hydrogen (secondary N) is 2. The zero-order chi connectivity index (χ0) is 29.6. The maximum atomic E-state index is 8.54. The van der Waals surface area contributed by atoms with Gasteiger partial charge in [-0.2, -0.15) is 0 Å². The highest BCUT2D eigenvalue weighted by Crippen LogP contribution is 2.32. The van der Waals surface area contributed by atoms with E-state index < -0.39 is 0 Å². The van der Waals surface area contributed by atoms with Crippen molar-refractivity contribution in [2.75, 3.05) is 5.73 Å². The Labute approximate surface area is 250 Å². The molecule has 0 aliphatic heterocycles. The van der Waals surface area contributed by atoms with Crippen LogP contribution in [0.3, 0.4) is 0 Å². The first-order valence-corrected chi connectivity index (χ1v) is 13.9. The summed E-state index contributed by atoms with van der Waals surface area (Å²) in [4.78, 5) is 8.19. The Morgan fingerprint density at radius 2 is 1.02 bits per heavy atom. The fourth-order valence-corrected chi connectivity index (χ4v) is 5.08. The summed E-state index contributed by atoms with van der Waals surface area (Å²) in [5.41, 5.74) is 14.8. The minimum Gasteiger partial charge on any atom is -0.399 e. The van der Waals surface area contributed by atoms with Gasteiger partial charge >= 0.3 is 0 Å². The van der Waals surface area contributed by atoms with Crippen molar-refractivity contribution < 1.29 is 0 Å². The molecule has 4 N–H and O–H groups in total. The van der Waals surface area contributed by atoms with Crippen LogP contribution >= 0.6 is 0 Å². The second-order valence-corrected chi connectivity index (χ2v) is 10.2. The maximum absolute atomic E-state index is 8.54. The van der Waals surface area contributed by atoms with Gasteiger partial charge in [0.1, 0.15) is 0 Å². The Morgan fingerprint density at radius 1 is 0.465 bits per heavy atom. The van der Waals surface area contributed by atoms with Gasteiger partial charge in [0, 0.05) is 36.0 Å².